The van der Waals surface area contributed by atoms with Gasteiger partial charge < -0.3 is 5.32 Å². The molecule has 1 atom stereocenters. The molecular formula is C14H22N4O2S. The molecule has 1 aliphatic heterocycles. The largest absolute Gasteiger partial charge is 0.314 e. The van der Waals surface area contributed by atoms with Crippen LogP contribution in [-0.4, -0.2) is 43.4 Å². The molecule has 1 aromatic rings. The molecule has 116 valence electrons. The van der Waals surface area contributed by atoms with Crippen molar-refractivity contribution >= 4 is 16.0 Å². The van der Waals surface area contributed by atoms with Crippen LogP contribution in [0, 0.1) is 5.92 Å². The van der Waals surface area contributed by atoms with Gasteiger partial charge in [-0.05, 0) is 50.3 Å². The maximum Gasteiger partial charge on any atom is 0.302 e. The molecule has 2 heterocycles. The molecule has 0 spiro atoms. The highest BCUT2D eigenvalue weighted by Gasteiger charge is 2.30. The zero-order chi connectivity index (χ0) is 14.7. The zero-order valence-corrected chi connectivity index (χ0v) is 12.8. The van der Waals surface area contributed by atoms with Gasteiger partial charge in [-0.15, -0.1) is 0 Å². The van der Waals surface area contributed by atoms with E-state index in [4.69, 9.17) is 0 Å². The summed E-state index contributed by atoms with van der Waals surface area (Å²) >= 11 is 0. The quantitative estimate of drug-likeness (QED) is 0.828. The molecule has 0 amide bonds. The normalized spacial score (nSPS) is 23.9. The van der Waals surface area contributed by atoms with Crippen molar-refractivity contribution in [1.82, 2.24) is 14.6 Å². The van der Waals surface area contributed by atoms with Crippen LogP contribution >= 0.6 is 0 Å². The molecule has 1 aliphatic carbocycles. The monoisotopic (exact) mass is 310 g/mol. The van der Waals surface area contributed by atoms with Gasteiger partial charge in [0.15, 0.2) is 0 Å². The van der Waals surface area contributed by atoms with Crippen molar-refractivity contribution in [3.05, 3.63) is 24.4 Å². The lowest BCUT2D eigenvalue weighted by Gasteiger charge is -2.32. The van der Waals surface area contributed by atoms with Crippen molar-refractivity contribution in [3.63, 3.8) is 0 Å². The lowest BCUT2D eigenvalue weighted by Crippen LogP contribution is -2.45. The first-order valence-corrected chi connectivity index (χ1v) is 9.00. The van der Waals surface area contributed by atoms with Crippen LogP contribution in [0.5, 0.6) is 0 Å². The topological polar surface area (TPSA) is 74.3 Å². The van der Waals surface area contributed by atoms with Crippen molar-refractivity contribution < 1.29 is 8.42 Å². The maximum atomic E-state index is 12.4. The van der Waals surface area contributed by atoms with E-state index >= 15 is 0 Å². The van der Waals surface area contributed by atoms with Gasteiger partial charge in [0.2, 0.25) is 0 Å². The summed E-state index contributed by atoms with van der Waals surface area (Å²) in [5.41, 5.74) is 0. The average Bonchev–Trinajstić information content (AvgIpc) is 3.30. The summed E-state index contributed by atoms with van der Waals surface area (Å²) in [6.45, 7) is 2.09. The molecule has 7 heteroatoms. The van der Waals surface area contributed by atoms with Crippen molar-refractivity contribution in [3.8, 4) is 0 Å². The summed E-state index contributed by atoms with van der Waals surface area (Å²) in [7, 11) is -3.50. The van der Waals surface area contributed by atoms with Gasteiger partial charge in [-0.1, -0.05) is 6.07 Å². The number of pyridine rings is 1. The van der Waals surface area contributed by atoms with E-state index in [1.807, 2.05) is 0 Å². The van der Waals surface area contributed by atoms with Crippen LogP contribution in [0.4, 0.5) is 5.82 Å². The molecule has 3 rings (SSSR count). The Hall–Kier alpha value is -1.18. The van der Waals surface area contributed by atoms with Gasteiger partial charge in [0.25, 0.3) is 0 Å². The third-order valence-electron chi connectivity index (χ3n) is 3.99. The molecule has 21 heavy (non-hydrogen) atoms. The molecule has 1 saturated carbocycles. The van der Waals surface area contributed by atoms with Crippen LogP contribution in [-0.2, 0) is 10.2 Å². The molecule has 2 fully saturated rings. The first-order valence-electron chi connectivity index (χ1n) is 7.56. The van der Waals surface area contributed by atoms with Crippen molar-refractivity contribution in [2.45, 2.75) is 31.7 Å². The van der Waals surface area contributed by atoms with Gasteiger partial charge in [0, 0.05) is 25.3 Å². The van der Waals surface area contributed by atoms with E-state index in [2.05, 4.69) is 15.0 Å². The summed E-state index contributed by atoms with van der Waals surface area (Å²) in [6, 6.07) is 5.86. The second-order valence-electron chi connectivity index (χ2n) is 5.87. The van der Waals surface area contributed by atoms with Gasteiger partial charge in [-0.25, -0.2) is 4.98 Å². The van der Waals surface area contributed by atoms with Crippen LogP contribution in [0.2, 0.25) is 0 Å². The Morgan fingerprint density at radius 2 is 2.14 bits per heavy atom. The predicted molar refractivity (Wildman–Crippen MR) is 82.1 cm³/mol. The van der Waals surface area contributed by atoms with Crippen LogP contribution in [0.1, 0.15) is 25.7 Å². The van der Waals surface area contributed by atoms with Gasteiger partial charge in [-0.3, -0.25) is 4.72 Å². The number of aromatic nitrogens is 1. The number of hydrogen-bond acceptors (Lipinski definition) is 4. The minimum absolute atomic E-state index is 0.371. The first-order chi connectivity index (χ1) is 10.1. The lowest BCUT2D eigenvalue weighted by atomic mass is 10.00. The first kappa shape index (κ1) is 14.7. The van der Waals surface area contributed by atoms with Crippen LogP contribution in [0.3, 0.4) is 0 Å². The van der Waals surface area contributed by atoms with E-state index in [-0.39, 0.29) is 0 Å². The van der Waals surface area contributed by atoms with Gasteiger partial charge in [0.1, 0.15) is 5.82 Å². The van der Waals surface area contributed by atoms with Crippen LogP contribution < -0.4 is 10.0 Å². The summed E-state index contributed by atoms with van der Waals surface area (Å²) in [4.78, 5) is 4.02. The van der Waals surface area contributed by atoms with E-state index in [0.29, 0.717) is 30.9 Å². The number of anilines is 1. The van der Waals surface area contributed by atoms with E-state index in [1.54, 1.807) is 28.7 Å². The van der Waals surface area contributed by atoms with E-state index in [9.17, 15) is 8.42 Å². The van der Waals surface area contributed by atoms with Crippen molar-refractivity contribution in [2.24, 2.45) is 5.92 Å². The van der Waals surface area contributed by atoms with Gasteiger partial charge >= 0.3 is 10.2 Å². The smallest absolute Gasteiger partial charge is 0.302 e. The molecule has 2 N–H and O–H groups in total. The molecule has 2 aliphatic rings. The Labute approximate surface area is 126 Å². The highest BCUT2D eigenvalue weighted by molar-refractivity contribution is 7.90. The van der Waals surface area contributed by atoms with Crippen LogP contribution in [0.25, 0.3) is 0 Å². The minimum atomic E-state index is -3.50. The summed E-state index contributed by atoms with van der Waals surface area (Å²) in [5, 5.41) is 3.49. The van der Waals surface area contributed by atoms with Gasteiger partial charge in [0.05, 0.1) is 0 Å². The summed E-state index contributed by atoms with van der Waals surface area (Å²) in [6.07, 6.45) is 6.11. The molecule has 0 bridgehead atoms. The summed E-state index contributed by atoms with van der Waals surface area (Å²) < 4.78 is 28.9. The molecule has 6 nitrogen and oxygen atoms in total. The van der Waals surface area contributed by atoms with Crippen molar-refractivity contribution in [1.29, 1.82) is 0 Å². The highest BCUT2D eigenvalue weighted by Crippen LogP contribution is 2.23. The van der Waals surface area contributed by atoms with E-state index in [0.717, 1.165) is 19.4 Å². The Morgan fingerprint density at radius 1 is 1.29 bits per heavy atom. The second-order valence-corrected chi connectivity index (χ2v) is 7.54. The number of nitrogens with zero attached hydrogens (tertiary/aromatic N) is 2. The second kappa shape index (κ2) is 6.29. The third-order valence-corrected chi connectivity index (χ3v) is 5.47. The molecule has 0 radical (unpaired) electrons. The van der Waals surface area contributed by atoms with Gasteiger partial charge in [-0.2, -0.15) is 12.7 Å². The fourth-order valence-electron chi connectivity index (χ4n) is 2.65. The molecule has 1 saturated heterocycles. The SMILES string of the molecule is O=S(=O)(Nc1ccccn1)N1CCCC(CNC2CC2)C1. The van der Waals surface area contributed by atoms with Crippen molar-refractivity contribution in [2.75, 3.05) is 24.4 Å². The lowest BCUT2D eigenvalue weighted by molar-refractivity contribution is 0.261. The number of nitrogens with one attached hydrogen (secondary N) is 2. The number of rotatable bonds is 6. The van der Waals surface area contributed by atoms with E-state index in [1.165, 1.54) is 12.8 Å². The highest BCUT2D eigenvalue weighted by atomic mass is 32.2. The fourth-order valence-corrected chi connectivity index (χ4v) is 3.94. The number of hydrogen-bond donors (Lipinski definition) is 2. The molecule has 1 aromatic heterocycles. The molecule has 1 unspecified atom stereocenters. The maximum absolute atomic E-state index is 12.4. The summed E-state index contributed by atoms with van der Waals surface area (Å²) in [5.74, 6) is 0.774. The standard InChI is InChI=1S/C14H22N4O2S/c19-21(20,17-14-5-1-2-8-15-14)18-9-3-4-12(11-18)10-16-13-6-7-13/h1-2,5,8,12-13,16H,3-4,6-7,9-11H2,(H,15,17). The van der Waals surface area contributed by atoms with E-state index < -0.39 is 10.2 Å². The molecular weight excluding hydrogens is 288 g/mol. The number of piperidine rings is 1. The Bertz CT molecular complexity index is 560. The average molecular weight is 310 g/mol. The Kier molecular flexibility index (Phi) is 4.42. The zero-order valence-electron chi connectivity index (χ0n) is 12.0. The Balaban J connectivity index is 1.58. The minimum Gasteiger partial charge on any atom is -0.314 e. The molecule has 0 aromatic carbocycles. The predicted octanol–water partition coefficient (Wildman–Crippen LogP) is 1.20. The fraction of sp³-hybridized carbons (Fsp3) is 0.643. The van der Waals surface area contributed by atoms with Crippen LogP contribution in [0.15, 0.2) is 24.4 Å². The Morgan fingerprint density at radius 3 is 2.86 bits per heavy atom. The third kappa shape index (κ3) is 4.15.